The van der Waals surface area contributed by atoms with E-state index in [1.54, 1.807) is 0 Å². The summed E-state index contributed by atoms with van der Waals surface area (Å²) in [7, 11) is 0. The van der Waals surface area contributed by atoms with Gasteiger partial charge >= 0.3 is 0 Å². The normalized spacial score (nSPS) is 13.0. The van der Waals surface area contributed by atoms with E-state index < -0.39 is 11.6 Å². The minimum Gasteiger partial charge on any atom is -0.342 e. The largest absolute Gasteiger partial charge is 0.342 e. The first-order valence-electron chi connectivity index (χ1n) is 7.17. The van der Waals surface area contributed by atoms with E-state index in [0.717, 1.165) is 38.2 Å². The highest BCUT2D eigenvalue weighted by molar-refractivity contribution is 5.75. The third kappa shape index (κ3) is 3.54. The van der Waals surface area contributed by atoms with Gasteiger partial charge in [0.15, 0.2) is 5.82 Å². The van der Waals surface area contributed by atoms with E-state index in [1.165, 1.54) is 6.07 Å². The Morgan fingerprint density at radius 1 is 1.25 bits per heavy atom. The van der Waals surface area contributed by atoms with E-state index in [1.807, 2.05) is 0 Å². The molecule has 2 aromatic rings. The molecule has 20 heavy (non-hydrogen) atoms. The molecule has 0 amide bonds. The standard InChI is InChI=1S/C15H21F2N3/c1-2-3-10(6-7-18)4-5-14-19-13-9-11(16)8-12(17)15(13)20-14/h8-10H,2-7,18H2,1H3,(H,19,20). The van der Waals surface area contributed by atoms with E-state index in [0.29, 0.717) is 23.8 Å². The summed E-state index contributed by atoms with van der Waals surface area (Å²) >= 11 is 0. The van der Waals surface area contributed by atoms with Crippen molar-refractivity contribution in [2.75, 3.05) is 6.54 Å². The van der Waals surface area contributed by atoms with Gasteiger partial charge in [-0.2, -0.15) is 0 Å². The predicted molar refractivity (Wildman–Crippen MR) is 76.4 cm³/mol. The first-order chi connectivity index (χ1) is 9.63. The molecule has 3 nitrogen and oxygen atoms in total. The van der Waals surface area contributed by atoms with Crippen molar-refractivity contribution in [1.82, 2.24) is 9.97 Å². The van der Waals surface area contributed by atoms with Crippen LogP contribution in [0.1, 0.15) is 38.4 Å². The maximum atomic E-state index is 13.6. The van der Waals surface area contributed by atoms with Crippen LogP contribution in [0.15, 0.2) is 12.1 Å². The van der Waals surface area contributed by atoms with Crippen molar-refractivity contribution in [2.45, 2.75) is 39.0 Å². The molecule has 1 heterocycles. The van der Waals surface area contributed by atoms with Crippen LogP contribution in [-0.2, 0) is 6.42 Å². The number of aromatic amines is 1. The van der Waals surface area contributed by atoms with Crippen molar-refractivity contribution in [1.29, 1.82) is 0 Å². The highest BCUT2D eigenvalue weighted by Gasteiger charge is 2.12. The van der Waals surface area contributed by atoms with E-state index in [4.69, 9.17) is 5.73 Å². The third-order valence-corrected chi connectivity index (χ3v) is 3.62. The summed E-state index contributed by atoms with van der Waals surface area (Å²) in [6, 6.07) is 2.14. The van der Waals surface area contributed by atoms with Crippen molar-refractivity contribution in [2.24, 2.45) is 11.7 Å². The van der Waals surface area contributed by atoms with Crippen LogP contribution in [0.4, 0.5) is 8.78 Å². The molecule has 1 aromatic heterocycles. The van der Waals surface area contributed by atoms with Crippen molar-refractivity contribution in [3.63, 3.8) is 0 Å². The SMILES string of the molecule is CCCC(CCN)CCc1nc2c(F)cc(F)cc2[nH]1. The lowest BCUT2D eigenvalue weighted by molar-refractivity contribution is 0.418. The number of halogens is 2. The van der Waals surface area contributed by atoms with Gasteiger partial charge in [0.2, 0.25) is 0 Å². The monoisotopic (exact) mass is 281 g/mol. The number of hydrogen-bond acceptors (Lipinski definition) is 2. The lowest BCUT2D eigenvalue weighted by Gasteiger charge is -2.13. The average molecular weight is 281 g/mol. The maximum absolute atomic E-state index is 13.6. The Kier molecular flexibility index (Phi) is 5.06. The number of nitrogens with two attached hydrogens (primary N) is 1. The molecule has 0 fully saturated rings. The molecule has 3 N–H and O–H groups in total. The summed E-state index contributed by atoms with van der Waals surface area (Å²) in [5.74, 6) is 0.0779. The Morgan fingerprint density at radius 2 is 2.05 bits per heavy atom. The van der Waals surface area contributed by atoms with Crippen molar-refractivity contribution in [3.8, 4) is 0 Å². The molecule has 0 aliphatic heterocycles. The molecule has 0 bridgehead atoms. The van der Waals surface area contributed by atoms with Gasteiger partial charge in [0.05, 0.1) is 5.52 Å². The zero-order valence-electron chi connectivity index (χ0n) is 11.8. The van der Waals surface area contributed by atoms with Gasteiger partial charge in [-0.25, -0.2) is 13.8 Å². The van der Waals surface area contributed by atoms with Gasteiger partial charge in [0, 0.05) is 12.5 Å². The van der Waals surface area contributed by atoms with E-state index in [2.05, 4.69) is 16.9 Å². The fourth-order valence-electron chi connectivity index (χ4n) is 2.63. The smallest absolute Gasteiger partial charge is 0.153 e. The summed E-state index contributed by atoms with van der Waals surface area (Å²) in [5.41, 5.74) is 6.25. The molecule has 1 aromatic carbocycles. The second kappa shape index (κ2) is 6.79. The van der Waals surface area contributed by atoms with Crippen LogP contribution < -0.4 is 5.73 Å². The number of aromatic nitrogens is 2. The lowest BCUT2D eigenvalue weighted by atomic mass is 9.94. The fraction of sp³-hybridized carbons (Fsp3) is 0.533. The fourth-order valence-corrected chi connectivity index (χ4v) is 2.63. The minimum atomic E-state index is -0.616. The summed E-state index contributed by atoms with van der Waals surface area (Å²) in [4.78, 5) is 7.21. The van der Waals surface area contributed by atoms with Crippen LogP contribution in [0, 0.1) is 17.6 Å². The van der Waals surface area contributed by atoms with Gasteiger partial charge in [-0.3, -0.25) is 0 Å². The summed E-state index contributed by atoms with van der Waals surface area (Å²) in [6.45, 7) is 2.84. The van der Waals surface area contributed by atoms with Crippen molar-refractivity contribution < 1.29 is 8.78 Å². The highest BCUT2D eigenvalue weighted by atomic mass is 19.1. The number of H-pyrrole nitrogens is 1. The molecular weight excluding hydrogens is 260 g/mol. The van der Waals surface area contributed by atoms with Crippen LogP contribution in [0.25, 0.3) is 11.0 Å². The van der Waals surface area contributed by atoms with E-state index >= 15 is 0 Å². The van der Waals surface area contributed by atoms with Crippen LogP contribution >= 0.6 is 0 Å². The van der Waals surface area contributed by atoms with Crippen LogP contribution in [-0.4, -0.2) is 16.5 Å². The molecule has 0 spiro atoms. The molecule has 0 aliphatic rings. The number of fused-ring (bicyclic) bond motifs is 1. The summed E-state index contributed by atoms with van der Waals surface area (Å²) < 4.78 is 26.7. The summed E-state index contributed by atoms with van der Waals surface area (Å²) in [5, 5.41) is 0. The minimum absolute atomic E-state index is 0.215. The molecule has 0 aliphatic carbocycles. The number of nitrogens with one attached hydrogen (secondary N) is 1. The lowest BCUT2D eigenvalue weighted by Crippen LogP contribution is -2.10. The summed E-state index contributed by atoms with van der Waals surface area (Å²) in [6.07, 6.45) is 4.97. The Balaban J connectivity index is 2.08. The molecule has 0 radical (unpaired) electrons. The van der Waals surface area contributed by atoms with Crippen molar-refractivity contribution >= 4 is 11.0 Å². The number of imidazole rings is 1. The molecule has 2 rings (SSSR count). The molecule has 0 saturated heterocycles. The molecule has 5 heteroatoms. The number of aryl methyl sites for hydroxylation is 1. The topological polar surface area (TPSA) is 54.7 Å². The van der Waals surface area contributed by atoms with E-state index in [-0.39, 0.29) is 5.52 Å². The van der Waals surface area contributed by atoms with Crippen molar-refractivity contribution in [3.05, 3.63) is 29.6 Å². The highest BCUT2D eigenvalue weighted by Crippen LogP contribution is 2.21. The Labute approximate surface area is 117 Å². The first kappa shape index (κ1) is 14.9. The van der Waals surface area contributed by atoms with Gasteiger partial charge in [-0.1, -0.05) is 19.8 Å². The first-order valence-corrected chi connectivity index (χ1v) is 7.17. The van der Waals surface area contributed by atoms with Gasteiger partial charge in [-0.15, -0.1) is 0 Å². The molecular formula is C15H21F2N3. The second-order valence-corrected chi connectivity index (χ2v) is 5.24. The number of nitrogens with zero attached hydrogens (tertiary/aromatic N) is 1. The maximum Gasteiger partial charge on any atom is 0.153 e. The van der Waals surface area contributed by atoms with Crippen LogP contribution in [0.2, 0.25) is 0 Å². The van der Waals surface area contributed by atoms with Gasteiger partial charge in [0.1, 0.15) is 17.2 Å². The van der Waals surface area contributed by atoms with Crippen LogP contribution in [0.5, 0.6) is 0 Å². The number of rotatable bonds is 7. The molecule has 1 atom stereocenters. The molecule has 1 unspecified atom stereocenters. The van der Waals surface area contributed by atoms with Crippen LogP contribution in [0.3, 0.4) is 0 Å². The number of benzene rings is 1. The number of hydrogen-bond donors (Lipinski definition) is 2. The van der Waals surface area contributed by atoms with Gasteiger partial charge in [-0.05, 0) is 31.4 Å². The Hall–Kier alpha value is -1.49. The quantitative estimate of drug-likeness (QED) is 0.815. The Bertz CT molecular complexity index is 559. The third-order valence-electron chi connectivity index (χ3n) is 3.62. The zero-order chi connectivity index (χ0) is 14.5. The predicted octanol–water partition coefficient (Wildman–Crippen LogP) is 3.54. The molecule has 0 saturated carbocycles. The second-order valence-electron chi connectivity index (χ2n) is 5.24. The average Bonchev–Trinajstić information content (AvgIpc) is 2.79. The Morgan fingerprint density at radius 3 is 2.75 bits per heavy atom. The van der Waals surface area contributed by atoms with Gasteiger partial charge in [0.25, 0.3) is 0 Å². The zero-order valence-corrected chi connectivity index (χ0v) is 11.8. The molecule has 110 valence electrons. The van der Waals surface area contributed by atoms with E-state index in [9.17, 15) is 8.78 Å². The van der Waals surface area contributed by atoms with Gasteiger partial charge < -0.3 is 10.7 Å².